The summed E-state index contributed by atoms with van der Waals surface area (Å²) in [6.45, 7) is 7.84. The molecule has 162 valence electrons. The van der Waals surface area contributed by atoms with Crippen LogP contribution >= 0.6 is 0 Å². The molecule has 1 amide bonds. The van der Waals surface area contributed by atoms with Crippen molar-refractivity contribution in [3.63, 3.8) is 0 Å². The van der Waals surface area contributed by atoms with E-state index in [1.807, 2.05) is 13.0 Å². The maximum Gasteiger partial charge on any atom is 0.263 e. The highest BCUT2D eigenvalue weighted by molar-refractivity contribution is 5.88. The number of carbonyl (C=O) groups excluding carboxylic acids is 1. The number of hydrogen-bond donors (Lipinski definition) is 0. The number of benzene rings is 1. The molecule has 8 nitrogen and oxygen atoms in total. The van der Waals surface area contributed by atoms with Crippen molar-refractivity contribution in [3.8, 4) is 0 Å². The van der Waals surface area contributed by atoms with Crippen molar-refractivity contribution in [2.24, 2.45) is 5.92 Å². The first kappa shape index (κ1) is 19.9. The molecule has 5 rings (SSSR count). The quantitative estimate of drug-likeness (QED) is 0.642. The van der Waals surface area contributed by atoms with Gasteiger partial charge in [-0.2, -0.15) is 4.98 Å². The standard InChI is InChI=1S/C23H28N6O2/c1-17-20-21(24-16-25-22(20)31-26-17)29-9-5-8-19(15-29)23(30)28-12-10-27(11-13-28)14-18-6-3-2-4-7-18/h2-4,6-7,16,19H,5,8-15H2,1H3/t19-/m1/s1. The summed E-state index contributed by atoms with van der Waals surface area (Å²) in [7, 11) is 0. The van der Waals surface area contributed by atoms with Crippen molar-refractivity contribution in [3.05, 3.63) is 47.9 Å². The number of piperazine rings is 1. The molecule has 0 radical (unpaired) electrons. The Morgan fingerprint density at radius 2 is 1.90 bits per heavy atom. The van der Waals surface area contributed by atoms with E-state index in [0.29, 0.717) is 12.3 Å². The average Bonchev–Trinajstić information content (AvgIpc) is 3.21. The second kappa shape index (κ2) is 8.63. The fourth-order valence-corrected chi connectivity index (χ4v) is 4.74. The van der Waals surface area contributed by atoms with Crippen molar-refractivity contribution in [2.75, 3.05) is 44.2 Å². The third kappa shape index (κ3) is 4.12. The molecule has 4 heterocycles. The van der Waals surface area contributed by atoms with Crippen LogP contribution in [0.25, 0.3) is 11.1 Å². The molecule has 2 fully saturated rings. The second-order valence-electron chi connectivity index (χ2n) is 8.52. The van der Waals surface area contributed by atoms with Crippen LogP contribution in [-0.4, -0.2) is 70.1 Å². The number of carbonyl (C=O) groups is 1. The Hall–Kier alpha value is -3.00. The van der Waals surface area contributed by atoms with Gasteiger partial charge in [-0.3, -0.25) is 9.69 Å². The number of rotatable bonds is 4. The van der Waals surface area contributed by atoms with E-state index in [9.17, 15) is 4.79 Å². The lowest BCUT2D eigenvalue weighted by Gasteiger charge is -2.39. The van der Waals surface area contributed by atoms with Crippen molar-refractivity contribution < 1.29 is 9.32 Å². The van der Waals surface area contributed by atoms with Gasteiger partial charge in [0, 0.05) is 45.8 Å². The Morgan fingerprint density at radius 1 is 1.10 bits per heavy atom. The summed E-state index contributed by atoms with van der Waals surface area (Å²) in [5.74, 6) is 1.10. The molecule has 0 saturated carbocycles. The van der Waals surface area contributed by atoms with E-state index in [0.717, 1.165) is 69.0 Å². The molecular weight excluding hydrogens is 392 g/mol. The zero-order chi connectivity index (χ0) is 21.2. The highest BCUT2D eigenvalue weighted by Crippen LogP contribution is 2.30. The zero-order valence-corrected chi connectivity index (χ0v) is 17.9. The summed E-state index contributed by atoms with van der Waals surface area (Å²) in [5.41, 5.74) is 2.62. The van der Waals surface area contributed by atoms with E-state index in [4.69, 9.17) is 4.52 Å². The van der Waals surface area contributed by atoms with Gasteiger partial charge in [-0.15, -0.1) is 0 Å². The molecule has 1 aromatic carbocycles. The van der Waals surface area contributed by atoms with E-state index < -0.39 is 0 Å². The van der Waals surface area contributed by atoms with Crippen LogP contribution in [0.1, 0.15) is 24.1 Å². The largest absolute Gasteiger partial charge is 0.355 e. The van der Waals surface area contributed by atoms with Crippen LogP contribution in [-0.2, 0) is 11.3 Å². The van der Waals surface area contributed by atoms with Gasteiger partial charge in [0.15, 0.2) is 0 Å². The van der Waals surface area contributed by atoms with E-state index >= 15 is 0 Å². The number of aromatic nitrogens is 3. The maximum absolute atomic E-state index is 13.3. The van der Waals surface area contributed by atoms with Gasteiger partial charge in [-0.1, -0.05) is 35.5 Å². The molecule has 0 unspecified atom stereocenters. The molecule has 2 aliphatic rings. The number of anilines is 1. The van der Waals surface area contributed by atoms with Gasteiger partial charge in [-0.05, 0) is 25.3 Å². The van der Waals surface area contributed by atoms with Crippen molar-refractivity contribution in [1.82, 2.24) is 24.9 Å². The van der Waals surface area contributed by atoms with E-state index in [1.165, 1.54) is 11.9 Å². The second-order valence-corrected chi connectivity index (χ2v) is 8.52. The minimum Gasteiger partial charge on any atom is -0.355 e. The lowest BCUT2D eigenvalue weighted by molar-refractivity contribution is -0.137. The molecule has 1 atom stereocenters. The van der Waals surface area contributed by atoms with Crippen molar-refractivity contribution in [1.29, 1.82) is 0 Å². The normalized spacial score (nSPS) is 20.4. The summed E-state index contributed by atoms with van der Waals surface area (Å²) in [4.78, 5) is 28.7. The highest BCUT2D eigenvalue weighted by atomic mass is 16.5. The van der Waals surface area contributed by atoms with E-state index in [2.05, 4.69) is 54.1 Å². The SMILES string of the molecule is Cc1noc2ncnc(N3CCC[C@@H](C(=O)N4CCN(Cc5ccccc5)CC4)C3)c12. The van der Waals surface area contributed by atoms with Gasteiger partial charge in [0.05, 0.1) is 11.6 Å². The van der Waals surface area contributed by atoms with Gasteiger partial charge in [-0.25, -0.2) is 4.98 Å². The lowest BCUT2D eigenvalue weighted by atomic mass is 9.96. The summed E-state index contributed by atoms with van der Waals surface area (Å²) >= 11 is 0. The number of amides is 1. The molecule has 8 heteroatoms. The molecule has 2 saturated heterocycles. The van der Waals surface area contributed by atoms with Gasteiger partial charge in [0.25, 0.3) is 5.71 Å². The van der Waals surface area contributed by atoms with Gasteiger partial charge in [0.2, 0.25) is 5.91 Å². The fourth-order valence-electron chi connectivity index (χ4n) is 4.74. The first-order valence-corrected chi connectivity index (χ1v) is 11.1. The topological polar surface area (TPSA) is 78.6 Å². The number of aryl methyl sites for hydroxylation is 1. The van der Waals surface area contributed by atoms with Crippen LogP contribution in [0.5, 0.6) is 0 Å². The van der Waals surface area contributed by atoms with Crippen LogP contribution in [0.3, 0.4) is 0 Å². The van der Waals surface area contributed by atoms with Crippen LogP contribution in [0.15, 0.2) is 41.2 Å². The van der Waals surface area contributed by atoms with Crippen molar-refractivity contribution in [2.45, 2.75) is 26.3 Å². The Morgan fingerprint density at radius 3 is 2.71 bits per heavy atom. The minimum atomic E-state index is -0.000366. The summed E-state index contributed by atoms with van der Waals surface area (Å²) in [6.07, 6.45) is 3.41. The monoisotopic (exact) mass is 420 g/mol. The maximum atomic E-state index is 13.3. The predicted molar refractivity (Wildman–Crippen MR) is 118 cm³/mol. The number of piperidine rings is 1. The average molecular weight is 421 g/mol. The number of hydrogen-bond acceptors (Lipinski definition) is 7. The molecule has 31 heavy (non-hydrogen) atoms. The molecule has 0 spiro atoms. The first-order chi connectivity index (χ1) is 15.2. The lowest BCUT2D eigenvalue weighted by Crippen LogP contribution is -2.52. The van der Waals surface area contributed by atoms with Crippen LogP contribution in [0.4, 0.5) is 5.82 Å². The van der Waals surface area contributed by atoms with Gasteiger partial charge >= 0.3 is 0 Å². The molecule has 2 aromatic heterocycles. The molecule has 2 aliphatic heterocycles. The zero-order valence-electron chi connectivity index (χ0n) is 17.9. The summed E-state index contributed by atoms with van der Waals surface area (Å²) in [5, 5.41) is 4.88. The van der Waals surface area contributed by atoms with Crippen LogP contribution in [0.2, 0.25) is 0 Å². The smallest absolute Gasteiger partial charge is 0.263 e. The Kier molecular flexibility index (Phi) is 5.55. The van der Waals surface area contributed by atoms with Crippen LogP contribution < -0.4 is 4.90 Å². The predicted octanol–water partition coefficient (Wildman–Crippen LogP) is 2.49. The molecular formula is C23H28N6O2. The fraction of sp³-hybridized carbons (Fsp3) is 0.478. The van der Waals surface area contributed by atoms with Gasteiger partial charge in [0.1, 0.15) is 17.5 Å². The number of fused-ring (bicyclic) bond motifs is 1. The molecule has 3 aromatic rings. The molecule has 0 N–H and O–H groups in total. The van der Waals surface area contributed by atoms with E-state index in [-0.39, 0.29) is 11.8 Å². The van der Waals surface area contributed by atoms with E-state index in [1.54, 1.807) is 0 Å². The summed E-state index contributed by atoms with van der Waals surface area (Å²) < 4.78 is 5.29. The molecule has 0 bridgehead atoms. The number of nitrogens with zero attached hydrogens (tertiary/aromatic N) is 6. The minimum absolute atomic E-state index is 0.000366. The summed E-state index contributed by atoms with van der Waals surface area (Å²) in [6, 6.07) is 10.5. The van der Waals surface area contributed by atoms with Gasteiger partial charge < -0.3 is 14.3 Å². The Balaban J connectivity index is 1.22. The Bertz CT molecular complexity index is 1040. The first-order valence-electron chi connectivity index (χ1n) is 11.1. The highest BCUT2D eigenvalue weighted by Gasteiger charge is 2.32. The molecule has 0 aliphatic carbocycles. The van der Waals surface area contributed by atoms with Crippen LogP contribution in [0, 0.1) is 12.8 Å². The Labute approximate surface area is 181 Å². The third-order valence-corrected chi connectivity index (χ3v) is 6.43. The van der Waals surface area contributed by atoms with Crippen molar-refractivity contribution >= 4 is 22.8 Å². The third-order valence-electron chi connectivity index (χ3n) is 6.43.